The average molecular weight is 671 g/mol. The fraction of sp³-hybridized carbons (Fsp3) is 0.148. The standard InChI is InChI=1S/C27H20BrCl3N2O5S/c1-2-37-23-10-15(4-8-22(23)38-14-16-3-7-19(29)21(31)9-16)11-24-26(35)33(27(36)39-24)13-25(34)32-17-5-6-18(28)20(30)12-17/h3-12H,2,13-14H2,1H3,(H,32,34)/b24-11+. The molecule has 0 spiro atoms. The lowest BCUT2D eigenvalue weighted by Gasteiger charge is -2.13. The van der Waals surface area contributed by atoms with Gasteiger partial charge in [0.25, 0.3) is 11.1 Å². The van der Waals surface area contributed by atoms with Crippen LogP contribution in [0.2, 0.25) is 15.1 Å². The Labute approximate surface area is 252 Å². The van der Waals surface area contributed by atoms with Crippen molar-refractivity contribution in [2.45, 2.75) is 13.5 Å². The third kappa shape index (κ3) is 7.49. The number of hydrogen-bond donors (Lipinski definition) is 1. The van der Waals surface area contributed by atoms with Crippen LogP contribution in [0.5, 0.6) is 11.5 Å². The van der Waals surface area contributed by atoms with Crippen LogP contribution in [0.15, 0.2) is 64.0 Å². The molecule has 3 aromatic carbocycles. The molecule has 0 aliphatic carbocycles. The van der Waals surface area contributed by atoms with Crippen LogP contribution in [-0.2, 0) is 16.2 Å². The monoisotopic (exact) mass is 668 g/mol. The molecule has 0 atom stereocenters. The van der Waals surface area contributed by atoms with E-state index in [1.807, 2.05) is 13.0 Å². The number of nitrogens with zero attached hydrogens (tertiary/aromatic N) is 1. The highest BCUT2D eigenvalue weighted by Crippen LogP contribution is 2.35. The zero-order valence-electron chi connectivity index (χ0n) is 20.3. The van der Waals surface area contributed by atoms with Crippen molar-refractivity contribution in [2.24, 2.45) is 0 Å². The number of benzene rings is 3. The van der Waals surface area contributed by atoms with Crippen molar-refractivity contribution in [1.29, 1.82) is 0 Å². The van der Waals surface area contributed by atoms with E-state index in [1.165, 1.54) is 0 Å². The summed E-state index contributed by atoms with van der Waals surface area (Å²) in [6.45, 7) is 2.04. The maximum Gasteiger partial charge on any atom is 0.294 e. The second kappa shape index (κ2) is 13.1. The number of nitrogens with one attached hydrogen (secondary N) is 1. The van der Waals surface area contributed by atoms with Gasteiger partial charge in [-0.05, 0) is 94.3 Å². The van der Waals surface area contributed by atoms with Crippen LogP contribution in [0.3, 0.4) is 0 Å². The number of carbonyl (C=O) groups excluding carboxylic acids is 3. The predicted octanol–water partition coefficient (Wildman–Crippen LogP) is 8.06. The van der Waals surface area contributed by atoms with Gasteiger partial charge in [0, 0.05) is 10.2 Å². The minimum Gasteiger partial charge on any atom is -0.490 e. The fourth-order valence-corrected chi connectivity index (χ4v) is 5.08. The van der Waals surface area contributed by atoms with Crippen LogP contribution in [0.25, 0.3) is 6.08 Å². The summed E-state index contributed by atoms with van der Waals surface area (Å²) in [6.07, 6.45) is 1.57. The number of imide groups is 1. The number of hydrogen-bond acceptors (Lipinski definition) is 6. The molecule has 1 fully saturated rings. The number of carbonyl (C=O) groups is 3. The van der Waals surface area contributed by atoms with Gasteiger partial charge < -0.3 is 14.8 Å². The zero-order chi connectivity index (χ0) is 28.1. The molecule has 1 aliphatic heterocycles. The third-order valence-electron chi connectivity index (χ3n) is 5.32. The molecule has 0 bridgehead atoms. The van der Waals surface area contributed by atoms with E-state index < -0.39 is 23.6 Å². The van der Waals surface area contributed by atoms with Crippen LogP contribution in [0.4, 0.5) is 10.5 Å². The van der Waals surface area contributed by atoms with Gasteiger partial charge >= 0.3 is 0 Å². The summed E-state index contributed by atoms with van der Waals surface area (Å²) in [5.74, 6) is -0.123. The molecule has 0 saturated carbocycles. The second-order valence-corrected chi connectivity index (χ2v) is 11.2. The van der Waals surface area contributed by atoms with Crippen LogP contribution in [0, 0.1) is 0 Å². The summed E-state index contributed by atoms with van der Waals surface area (Å²) in [4.78, 5) is 39.0. The van der Waals surface area contributed by atoms with Gasteiger partial charge in [-0.2, -0.15) is 0 Å². The zero-order valence-corrected chi connectivity index (χ0v) is 25.0. The summed E-state index contributed by atoms with van der Waals surface area (Å²) >= 11 is 22.1. The summed E-state index contributed by atoms with van der Waals surface area (Å²) in [5, 5.41) is 3.40. The van der Waals surface area contributed by atoms with Crippen LogP contribution in [-0.4, -0.2) is 35.1 Å². The first kappa shape index (κ1) is 29.3. The maximum atomic E-state index is 12.9. The molecule has 1 aliphatic rings. The molecular formula is C27H20BrCl3N2O5S. The predicted molar refractivity (Wildman–Crippen MR) is 159 cm³/mol. The molecule has 1 saturated heterocycles. The van der Waals surface area contributed by atoms with Gasteiger partial charge in [-0.25, -0.2) is 0 Å². The maximum absolute atomic E-state index is 12.9. The number of ether oxygens (including phenoxy) is 2. The highest BCUT2D eigenvalue weighted by molar-refractivity contribution is 9.10. The minimum absolute atomic E-state index is 0.186. The smallest absolute Gasteiger partial charge is 0.294 e. The van der Waals surface area contributed by atoms with Gasteiger partial charge in [0.2, 0.25) is 5.91 Å². The Kier molecular flexibility index (Phi) is 9.85. The number of rotatable bonds is 9. The number of thioether (sulfide) groups is 1. The Hall–Kier alpha value is -2.69. The van der Waals surface area contributed by atoms with Gasteiger partial charge in [0.05, 0.1) is 26.6 Å². The lowest BCUT2D eigenvalue weighted by atomic mass is 10.1. The van der Waals surface area contributed by atoms with E-state index in [0.29, 0.717) is 48.9 Å². The normalized spacial score (nSPS) is 14.2. The van der Waals surface area contributed by atoms with E-state index >= 15 is 0 Å². The molecule has 1 N–H and O–H groups in total. The Balaban J connectivity index is 1.44. The van der Waals surface area contributed by atoms with Crippen molar-refractivity contribution in [1.82, 2.24) is 4.90 Å². The van der Waals surface area contributed by atoms with E-state index in [1.54, 1.807) is 54.6 Å². The van der Waals surface area contributed by atoms with E-state index in [2.05, 4.69) is 21.2 Å². The molecule has 1 heterocycles. The molecule has 0 radical (unpaired) electrons. The van der Waals surface area contributed by atoms with Gasteiger partial charge in [-0.15, -0.1) is 0 Å². The summed E-state index contributed by atoms with van der Waals surface area (Å²) < 4.78 is 12.3. The van der Waals surface area contributed by atoms with Crippen molar-refractivity contribution in [3.63, 3.8) is 0 Å². The first-order valence-corrected chi connectivity index (χ1v) is 14.2. The van der Waals surface area contributed by atoms with Gasteiger partial charge in [-0.3, -0.25) is 19.3 Å². The molecule has 39 heavy (non-hydrogen) atoms. The Morgan fingerprint density at radius 1 is 0.974 bits per heavy atom. The highest BCUT2D eigenvalue weighted by Gasteiger charge is 2.36. The summed E-state index contributed by atoms with van der Waals surface area (Å²) in [6, 6.07) is 15.3. The van der Waals surface area contributed by atoms with E-state index in [4.69, 9.17) is 44.3 Å². The molecule has 3 amide bonds. The Bertz CT molecular complexity index is 1480. The fourth-order valence-electron chi connectivity index (χ4n) is 3.50. The van der Waals surface area contributed by atoms with E-state index in [9.17, 15) is 14.4 Å². The van der Waals surface area contributed by atoms with Crippen molar-refractivity contribution < 1.29 is 23.9 Å². The van der Waals surface area contributed by atoms with E-state index in [0.717, 1.165) is 22.2 Å². The highest BCUT2D eigenvalue weighted by atomic mass is 79.9. The number of halogens is 4. The summed E-state index contributed by atoms with van der Waals surface area (Å²) in [7, 11) is 0. The molecule has 4 rings (SSSR count). The summed E-state index contributed by atoms with van der Waals surface area (Å²) in [5.41, 5.74) is 1.90. The Morgan fingerprint density at radius 2 is 1.77 bits per heavy atom. The first-order valence-electron chi connectivity index (χ1n) is 11.5. The minimum atomic E-state index is -0.563. The molecule has 0 aromatic heterocycles. The molecular weight excluding hydrogens is 651 g/mol. The van der Waals surface area contributed by atoms with Crippen molar-refractivity contribution in [3.8, 4) is 11.5 Å². The van der Waals surface area contributed by atoms with Crippen molar-refractivity contribution in [2.75, 3.05) is 18.5 Å². The van der Waals surface area contributed by atoms with Crippen LogP contribution >= 0.6 is 62.5 Å². The lowest BCUT2D eigenvalue weighted by Crippen LogP contribution is -2.36. The van der Waals surface area contributed by atoms with Gasteiger partial charge in [-0.1, -0.05) is 46.9 Å². The quantitative estimate of drug-likeness (QED) is 0.232. The lowest BCUT2D eigenvalue weighted by molar-refractivity contribution is -0.127. The van der Waals surface area contributed by atoms with Gasteiger partial charge in [0.15, 0.2) is 11.5 Å². The number of amides is 3. The largest absolute Gasteiger partial charge is 0.490 e. The van der Waals surface area contributed by atoms with Crippen LogP contribution in [0.1, 0.15) is 18.1 Å². The van der Waals surface area contributed by atoms with Crippen molar-refractivity contribution in [3.05, 3.63) is 90.2 Å². The number of anilines is 1. The molecule has 7 nitrogen and oxygen atoms in total. The molecule has 3 aromatic rings. The Morgan fingerprint density at radius 3 is 2.49 bits per heavy atom. The third-order valence-corrected chi connectivity index (χ3v) is 8.20. The topological polar surface area (TPSA) is 84.9 Å². The molecule has 0 unspecified atom stereocenters. The molecule has 12 heteroatoms. The first-order chi connectivity index (χ1) is 18.6. The molecule has 202 valence electrons. The average Bonchev–Trinajstić information content (AvgIpc) is 3.15. The van der Waals surface area contributed by atoms with E-state index in [-0.39, 0.29) is 11.5 Å². The SMILES string of the molecule is CCOc1cc(/C=C2/SC(=O)N(CC(=O)Nc3ccc(Br)c(Cl)c3)C2=O)ccc1OCc1ccc(Cl)c(Cl)c1. The van der Waals surface area contributed by atoms with Crippen LogP contribution < -0.4 is 14.8 Å². The second-order valence-electron chi connectivity index (χ2n) is 8.12. The van der Waals surface area contributed by atoms with Crippen molar-refractivity contribution >= 4 is 91.3 Å². The van der Waals surface area contributed by atoms with Gasteiger partial charge in [0.1, 0.15) is 13.2 Å².